The van der Waals surface area contributed by atoms with E-state index in [9.17, 15) is 14.7 Å². The Morgan fingerprint density at radius 1 is 1.00 bits per heavy atom. The van der Waals surface area contributed by atoms with Gasteiger partial charge in [-0.2, -0.15) is 0 Å². The Morgan fingerprint density at radius 3 is 2.26 bits per heavy atom. The highest BCUT2D eigenvalue weighted by Gasteiger charge is 2.33. The summed E-state index contributed by atoms with van der Waals surface area (Å²) in [6, 6.07) is 23.2. The minimum absolute atomic E-state index is 0.123. The summed E-state index contributed by atoms with van der Waals surface area (Å²) in [6.07, 6.45) is 0.359. The van der Waals surface area contributed by atoms with E-state index in [4.69, 9.17) is 16.3 Å². The van der Waals surface area contributed by atoms with Crippen LogP contribution in [0.4, 0.5) is 0 Å². The first-order valence-corrected chi connectivity index (χ1v) is 15.2. The average Bonchev–Trinajstić information content (AvgIpc) is 3.17. The van der Waals surface area contributed by atoms with Crippen molar-refractivity contribution in [3.63, 3.8) is 0 Å². The molecule has 0 saturated heterocycles. The van der Waals surface area contributed by atoms with Gasteiger partial charge >= 0.3 is 5.97 Å². The molecule has 0 bridgehead atoms. The highest BCUT2D eigenvalue weighted by molar-refractivity contribution is 8.00. The first kappa shape index (κ1) is 31.5. The number of aromatic nitrogens is 1. The highest BCUT2D eigenvalue weighted by atomic mass is 35.5. The van der Waals surface area contributed by atoms with E-state index in [0.717, 1.165) is 32.6 Å². The van der Waals surface area contributed by atoms with E-state index in [-0.39, 0.29) is 23.3 Å². The number of fused-ring (bicyclic) bond motifs is 1. The molecule has 0 unspecified atom stereocenters. The van der Waals surface area contributed by atoms with Gasteiger partial charge in [0.1, 0.15) is 12.4 Å². The summed E-state index contributed by atoms with van der Waals surface area (Å²) in [6.45, 7) is 12.3. The molecule has 1 amide bonds. The predicted octanol–water partition coefficient (Wildman–Crippen LogP) is 8.14. The monoisotopic (exact) mass is 606 g/mol. The van der Waals surface area contributed by atoms with Crippen LogP contribution in [0.3, 0.4) is 0 Å². The molecule has 0 saturated carbocycles. The molecular formula is C34H39ClN2O4S. The summed E-state index contributed by atoms with van der Waals surface area (Å²) in [4.78, 5) is 25.2. The van der Waals surface area contributed by atoms with Crippen molar-refractivity contribution in [1.29, 1.82) is 0 Å². The maximum absolute atomic E-state index is 12.3. The number of thioether (sulfide) groups is 1. The maximum atomic E-state index is 12.3. The minimum Gasteiger partial charge on any atom is -0.491 e. The lowest BCUT2D eigenvalue weighted by Gasteiger charge is -2.24. The molecule has 3 aromatic carbocycles. The number of nitrogens with zero attached hydrogens (tertiary/aromatic N) is 1. The van der Waals surface area contributed by atoms with E-state index in [1.54, 1.807) is 25.6 Å². The molecule has 1 heterocycles. The van der Waals surface area contributed by atoms with Crippen molar-refractivity contribution in [2.24, 2.45) is 5.41 Å². The summed E-state index contributed by atoms with van der Waals surface area (Å²) in [5.74, 6) is -0.291. The number of halogens is 1. The molecule has 1 atom stereocenters. The molecule has 1 aromatic heterocycles. The minimum atomic E-state index is -0.972. The summed E-state index contributed by atoms with van der Waals surface area (Å²) in [5, 5.41) is 14.7. The lowest BCUT2D eigenvalue weighted by atomic mass is 9.88. The van der Waals surface area contributed by atoms with Gasteiger partial charge in [0, 0.05) is 51.2 Å². The van der Waals surface area contributed by atoms with Crippen LogP contribution >= 0.6 is 23.4 Å². The van der Waals surface area contributed by atoms with E-state index >= 15 is 0 Å². The molecule has 0 aliphatic carbocycles. The number of aliphatic carboxylic acids is 1. The Hall–Kier alpha value is -3.42. The first-order chi connectivity index (χ1) is 19.7. The largest absolute Gasteiger partial charge is 0.491 e. The van der Waals surface area contributed by atoms with Crippen LogP contribution < -0.4 is 10.1 Å². The van der Waals surface area contributed by atoms with E-state index in [1.807, 2.05) is 72.8 Å². The van der Waals surface area contributed by atoms with Gasteiger partial charge in [0.05, 0.1) is 11.5 Å². The van der Waals surface area contributed by atoms with Crippen LogP contribution in [-0.4, -0.2) is 32.9 Å². The first-order valence-electron chi connectivity index (χ1n) is 14.0. The van der Waals surface area contributed by atoms with Gasteiger partial charge in [-0.3, -0.25) is 9.59 Å². The number of nitrogens with one attached hydrogen (secondary N) is 1. The van der Waals surface area contributed by atoms with Crippen molar-refractivity contribution in [1.82, 2.24) is 9.88 Å². The third-order valence-corrected chi connectivity index (χ3v) is 8.46. The van der Waals surface area contributed by atoms with Crippen molar-refractivity contribution >= 4 is 46.1 Å². The van der Waals surface area contributed by atoms with Gasteiger partial charge in [0.2, 0.25) is 5.91 Å². The fourth-order valence-corrected chi connectivity index (χ4v) is 6.13. The second-order valence-corrected chi connectivity index (χ2v) is 14.5. The number of carboxylic acid groups (broad SMARTS) is 1. The number of ether oxygens (including phenoxy) is 1. The quantitative estimate of drug-likeness (QED) is 0.168. The number of carbonyl (C=O) groups excluding carboxylic acids is 1. The number of hydrogen-bond donors (Lipinski definition) is 2. The van der Waals surface area contributed by atoms with Gasteiger partial charge < -0.3 is 19.7 Å². The fraction of sp³-hybridized carbons (Fsp3) is 0.353. The molecule has 42 heavy (non-hydrogen) atoms. The zero-order valence-electron chi connectivity index (χ0n) is 25.0. The van der Waals surface area contributed by atoms with Gasteiger partial charge in [-0.1, -0.05) is 74.8 Å². The van der Waals surface area contributed by atoms with Crippen LogP contribution in [0.2, 0.25) is 5.02 Å². The SMILES string of the molecule is CC(=O)N[C@@H](COc1ccc2c(c1)c(SC(C)(C)C)c(CC(C)(C)C(=O)O)n2Cc1ccc(Cl)cc1)c1ccccc1. The zero-order valence-corrected chi connectivity index (χ0v) is 26.6. The Bertz CT molecular complexity index is 1560. The van der Waals surface area contributed by atoms with Gasteiger partial charge in [0.15, 0.2) is 0 Å². The summed E-state index contributed by atoms with van der Waals surface area (Å²) >= 11 is 7.90. The number of amides is 1. The summed E-state index contributed by atoms with van der Waals surface area (Å²) in [5.41, 5.74) is 3.04. The van der Waals surface area contributed by atoms with Crippen molar-refractivity contribution in [2.75, 3.05) is 6.61 Å². The van der Waals surface area contributed by atoms with Crippen molar-refractivity contribution in [3.05, 3.63) is 94.6 Å². The van der Waals surface area contributed by atoms with Crippen molar-refractivity contribution < 1.29 is 19.4 Å². The molecule has 0 aliphatic rings. The van der Waals surface area contributed by atoms with Crippen LogP contribution in [0.25, 0.3) is 10.9 Å². The van der Waals surface area contributed by atoms with Crippen LogP contribution in [0.15, 0.2) is 77.7 Å². The van der Waals surface area contributed by atoms with Crippen LogP contribution in [0.5, 0.6) is 5.75 Å². The lowest BCUT2D eigenvalue weighted by molar-refractivity contribution is -0.146. The average molecular weight is 607 g/mol. The van der Waals surface area contributed by atoms with Crippen LogP contribution in [0.1, 0.15) is 64.4 Å². The fourth-order valence-electron chi connectivity index (χ4n) is 4.82. The number of carboxylic acids is 1. The Morgan fingerprint density at radius 2 is 1.67 bits per heavy atom. The Kier molecular flexibility index (Phi) is 9.63. The second kappa shape index (κ2) is 12.8. The van der Waals surface area contributed by atoms with E-state index in [2.05, 4.69) is 30.7 Å². The molecule has 2 N–H and O–H groups in total. The maximum Gasteiger partial charge on any atom is 0.309 e. The Balaban J connectivity index is 1.81. The molecule has 4 rings (SSSR count). The molecule has 6 nitrogen and oxygen atoms in total. The predicted molar refractivity (Wildman–Crippen MR) is 172 cm³/mol. The molecule has 0 spiro atoms. The summed E-state index contributed by atoms with van der Waals surface area (Å²) in [7, 11) is 0. The number of carbonyl (C=O) groups is 2. The van der Waals surface area contributed by atoms with Crippen LogP contribution in [0, 0.1) is 5.41 Å². The summed E-state index contributed by atoms with van der Waals surface area (Å²) < 4.78 is 8.40. The van der Waals surface area contributed by atoms with Gasteiger partial charge in [-0.25, -0.2) is 0 Å². The Labute approximate surface area is 257 Å². The molecule has 0 radical (unpaired) electrons. The van der Waals surface area contributed by atoms with Crippen molar-refractivity contribution in [2.45, 2.75) is 70.2 Å². The number of hydrogen-bond acceptors (Lipinski definition) is 4. The second-order valence-electron chi connectivity index (χ2n) is 12.2. The molecule has 0 aliphatic heterocycles. The molecule has 8 heteroatoms. The topological polar surface area (TPSA) is 80.6 Å². The van der Waals surface area contributed by atoms with Crippen molar-refractivity contribution in [3.8, 4) is 5.75 Å². The third kappa shape index (κ3) is 7.90. The number of benzene rings is 3. The van der Waals surface area contributed by atoms with E-state index < -0.39 is 11.4 Å². The van der Waals surface area contributed by atoms with E-state index in [1.165, 1.54) is 6.92 Å². The number of rotatable bonds is 11. The smallest absolute Gasteiger partial charge is 0.309 e. The highest BCUT2D eigenvalue weighted by Crippen LogP contribution is 2.44. The zero-order chi connectivity index (χ0) is 30.7. The standard InChI is InChI=1S/C34H39ClN2O4S/c1-22(38)36-28(24-10-8-7-9-11-24)21-41-26-16-17-29-27(18-26)31(42-33(2,3)4)30(19-34(5,6)32(39)40)37(29)20-23-12-14-25(35)15-13-23/h7-18,28H,19-21H2,1-6H3,(H,36,38)(H,39,40)/t28-/m0/s1. The lowest BCUT2D eigenvalue weighted by Crippen LogP contribution is -2.30. The normalized spacial score (nSPS) is 12.7. The van der Waals surface area contributed by atoms with Gasteiger partial charge in [-0.05, 0) is 55.3 Å². The molecule has 222 valence electrons. The van der Waals surface area contributed by atoms with Gasteiger partial charge in [-0.15, -0.1) is 11.8 Å². The molecule has 0 fully saturated rings. The van der Waals surface area contributed by atoms with E-state index in [0.29, 0.717) is 23.7 Å². The van der Waals surface area contributed by atoms with Crippen LogP contribution in [-0.2, 0) is 22.6 Å². The molecule has 4 aromatic rings. The van der Waals surface area contributed by atoms with Gasteiger partial charge in [0.25, 0.3) is 0 Å². The molecular weight excluding hydrogens is 568 g/mol. The third-order valence-electron chi connectivity index (χ3n) is 6.94.